The Morgan fingerprint density at radius 3 is 2.69 bits per heavy atom. The predicted molar refractivity (Wildman–Crippen MR) is 108 cm³/mol. The first-order chi connectivity index (χ1) is 12.8. The minimum absolute atomic E-state index is 0.0355. The number of para-hydroxylation sites is 1. The molecule has 26 heavy (non-hydrogen) atoms. The van der Waals surface area contributed by atoms with Crippen LogP contribution in [-0.2, 0) is 0 Å². The van der Waals surface area contributed by atoms with Crippen LogP contribution in [0, 0.1) is 0 Å². The average molecular weight is 364 g/mol. The van der Waals surface area contributed by atoms with Crippen molar-refractivity contribution in [3.8, 4) is 5.75 Å². The van der Waals surface area contributed by atoms with Crippen molar-refractivity contribution in [3.05, 3.63) is 72.3 Å². The molecule has 1 heterocycles. The number of amides is 2. The van der Waals surface area contributed by atoms with Gasteiger partial charge in [0.1, 0.15) is 11.1 Å². The van der Waals surface area contributed by atoms with Gasteiger partial charge >= 0.3 is 6.03 Å². The van der Waals surface area contributed by atoms with Gasteiger partial charge in [0.2, 0.25) is 0 Å². The molecule has 0 radical (unpaired) electrons. The second-order valence-corrected chi connectivity index (χ2v) is 7.34. The van der Waals surface area contributed by atoms with Gasteiger partial charge in [0.05, 0.1) is 7.11 Å². The number of nitrogens with one attached hydrogen (secondary N) is 1. The van der Waals surface area contributed by atoms with Crippen LogP contribution in [0.1, 0.15) is 10.9 Å². The number of anilines is 1. The molecule has 1 aliphatic heterocycles. The van der Waals surface area contributed by atoms with Crippen LogP contribution in [0.2, 0.25) is 0 Å². The highest BCUT2D eigenvalue weighted by atomic mass is 32.2. The Labute approximate surface area is 157 Å². The molecule has 3 aromatic rings. The van der Waals surface area contributed by atoms with Crippen molar-refractivity contribution in [3.63, 3.8) is 0 Å². The molecule has 0 saturated carbocycles. The van der Waals surface area contributed by atoms with Gasteiger partial charge in [0, 0.05) is 23.5 Å². The molecule has 0 aliphatic carbocycles. The van der Waals surface area contributed by atoms with Crippen LogP contribution >= 0.6 is 11.8 Å². The van der Waals surface area contributed by atoms with Crippen molar-refractivity contribution in [2.24, 2.45) is 0 Å². The highest BCUT2D eigenvalue weighted by molar-refractivity contribution is 7.99. The van der Waals surface area contributed by atoms with Crippen LogP contribution < -0.4 is 10.1 Å². The lowest BCUT2D eigenvalue weighted by molar-refractivity contribution is 0.213. The Kier molecular flexibility index (Phi) is 4.71. The van der Waals surface area contributed by atoms with E-state index in [1.54, 1.807) is 18.9 Å². The van der Waals surface area contributed by atoms with E-state index in [0.717, 1.165) is 33.5 Å². The fourth-order valence-electron chi connectivity index (χ4n) is 3.27. The number of thioether (sulfide) groups is 1. The fraction of sp³-hybridized carbons (Fsp3) is 0.190. The summed E-state index contributed by atoms with van der Waals surface area (Å²) in [5.41, 5.74) is 1.84. The van der Waals surface area contributed by atoms with Crippen LogP contribution in [-0.4, -0.2) is 30.3 Å². The summed E-state index contributed by atoms with van der Waals surface area (Å²) in [6.45, 7) is 0.715. The van der Waals surface area contributed by atoms with E-state index in [1.165, 1.54) is 0 Å². The van der Waals surface area contributed by atoms with Crippen LogP contribution in [0.4, 0.5) is 10.5 Å². The number of methoxy groups -OCH3 is 1. The van der Waals surface area contributed by atoms with Crippen molar-refractivity contribution in [2.75, 3.05) is 24.7 Å². The number of rotatable bonds is 3. The number of nitrogens with zero attached hydrogens (tertiary/aromatic N) is 1. The predicted octanol–water partition coefficient (Wildman–Crippen LogP) is 5.13. The van der Waals surface area contributed by atoms with Gasteiger partial charge in [0.15, 0.2) is 0 Å². The summed E-state index contributed by atoms with van der Waals surface area (Å²) in [5.74, 6) is 1.73. The molecule has 1 atom stereocenters. The highest BCUT2D eigenvalue weighted by Crippen LogP contribution is 2.42. The Hall–Kier alpha value is -2.66. The molecule has 4 rings (SSSR count). The van der Waals surface area contributed by atoms with Gasteiger partial charge in [-0.2, -0.15) is 0 Å². The first kappa shape index (κ1) is 16.8. The molecule has 4 nitrogen and oxygen atoms in total. The van der Waals surface area contributed by atoms with E-state index in [-0.39, 0.29) is 11.4 Å². The molecule has 3 aromatic carbocycles. The van der Waals surface area contributed by atoms with Crippen molar-refractivity contribution < 1.29 is 9.53 Å². The lowest BCUT2D eigenvalue weighted by atomic mass is 10.1. The van der Waals surface area contributed by atoms with Gasteiger partial charge in [-0.15, -0.1) is 11.8 Å². The molecule has 1 aliphatic rings. The molecule has 0 spiro atoms. The molecule has 0 unspecified atom stereocenters. The maximum Gasteiger partial charge on any atom is 0.323 e. The summed E-state index contributed by atoms with van der Waals surface area (Å²) in [7, 11) is 1.66. The van der Waals surface area contributed by atoms with Gasteiger partial charge < -0.3 is 15.0 Å². The maximum absolute atomic E-state index is 12.9. The van der Waals surface area contributed by atoms with Crippen LogP contribution in [0.3, 0.4) is 0 Å². The molecule has 5 heteroatoms. The summed E-state index contributed by atoms with van der Waals surface area (Å²) in [6, 6.07) is 21.9. The molecule has 1 saturated heterocycles. The third kappa shape index (κ3) is 3.22. The van der Waals surface area contributed by atoms with E-state index in [1.807, 2.05) is 65.6 Å². The summed E-state index contributed by atoms with van der Waals surface area (Å²) in [6.07, 6.45) is 0. The topological polar surface area (TPSA) is 41.6 Å². The summed E-state index contributed by atoms with van der Waals surface area (Å²) >= 11 is 1.76. The van der Waals surface area contributed by atoms with Crippen LogP contribution in [0.5, 0.6) is 5.75 Å². The van der Waals surface area contributed by atoms with Gasteiger partial charge in [-0.1, -0.05) is 48.5 Å². The lowest BCUT2D eigenvalue weighted by Gasteiger charge is -2.25. The van der Waals surface area contributed by atoms with Crippen molar-refractivity contribution in [1.29, 1.82) is 0 Å². The zero-order chi connectivity index (χ0) is 17.9. The molecule has 2 amide bonds. The maximum atomic E-state index is 12.9. The van der Waals surface area contributed by atoms with Crippen LogP contribution in [0.15, 0.2) is 66.7 Å². The number of carbonyl (C=O) groups excluding carboxylic acids is 1. The van der Waals surface area contributed by atoms with Gasteiger partial charge in [-0.05, 0) is 29.0 Å². The van der Waals surface area contributed by atoms with E-state index >= 15 is 0 Å². The van der Waals surface area contributed by atoms with Crippen molar-refractivity contribution >= 4 is 34.3 Å². The Balaban J connectivity index is 1.56. The number of fused-ring (bicyclic) bond motifs is 1. The van der Waals surface area contributed by atoms with Gasteiger partial charge in [-0.25, -0.2) is 4.79 Å². The molecule has 1 N–H and O–H groups in total. The number of urea groups is 1. The smallest absolute Gasteiger partial charge is 0.323 e. The normalized spacial score (nSPS) is 16.7. The lowest BCUT2D eigenvalue weighted by Crippen LogP contribution is -2.34. The molecule has 0 bridgehead atoms. The number of hydrogen-bond donors (Lipinski definition) is 1. The third-order valence-electron chi connectivity index (χ3n) is 4.56. The number of benzene rings is 3. The molecule has 1 fully saturated rings. The first-order valence-corrected chi connectivity index (χ1v) is 9.62. The Bertz CT molecular complexity index is 944. The quantitative estimate of drug-likeness (QED) is 0.701. The highest BCUT2D eigenvalue weighted by Gasteiger charge is 2.32. The third-order valence-corrected chi connectivity index (χ3v) is 5.80. The fourth-order valence-corrected chi connectivity index (χ4v) is 4.55. The molecule has 0 aromatic heterocycles. The minimum Gasteiger partial charge on any atom is -0.496 e. The zero-order valence-corrected chi connectivity index (χ0v) is 15.3. The Morgan fingerprint density at radius 2 is 1.85 bits per heavy atom. The zero-order valence-electron chi connectivity index (χ0n) is 14.5. The number of ether oxygens (including phenoxy) is 1. The number of hydrogen-bond acceptors (Lipinski definition) is 3. The van der Waals surface area contributed by atoms with E-state index < -0.39 is 0 Å². The second kappa shape index (κ2) is 7.30. The van der Waals surface area contributed by atoms with Gasteiger partial charge in [-0.3, -0.25) is 0 Å². The first-order valence-electron chi connectivity index (χ1n) is 8.57. The number of carbonyl (C=O) groups is 1. The van der Waals surface area contributed by atoms with Crippen LogP contribution in [0.25, 0.3) is 10.8 Å². The SMILES string of the molecule is COc1ccccc1[C@H]1SCCN1C(=O)Nc1ccc2ccccc2c1. The van der Waals surface area contributed by atoms with Gasteiger partial charge in [0.25, 0.3) is 0 Å². The largest absolute Gasteiger partial charge is 0.496 e. The van der Waals surface area contributed by atoms with E-state index in [9.17, 15) is 4.79 Å². The average Bonchev–Trinajstić information content (AvgIpc) is 3.17. The van der Waals surface area contributed by atoms with E-state index in [2.05, 4.69) is 11.4 Å². The van der Waals surface area contributed by atoms with E-state index in [4.69, 9.17) is 4.74 Å². The molecular formula is C21H20N2O2S. The second-order valence-electron chi connectivity index (χ2n) is 6.15. The summed E-state index contributed by atoms with van der Waals surface area (Å²) < 4.78 is 5.48. The monoisotopic (exact) mass is 364 g/mol. The standard InChI is InChI=1S/C21H20N2O2S/c1-25-19-9-5-4-8-18(19)20-23(12-13-26-20)21(24)22-17-11-10-15-6-2-3-7-16(15)14-17/h2-11,14,20H,12-13H2,1H3,(H,22,24)/t20-/m1/s1. The molecular weight excluding hydrogens is 344 g/mol. The summed E-state index contributed by atoms with van der Waals surface area (Å²) in [5, 5.41) is 5.29. The van der Waals surface area contributed by atoms with Crippen molar-refractivity contribution in [1.82, 2.24) is 4.90 Å². The van der Waals surface area contributed by atoms with E-state index in [0.29, 0.717) is 6.54 Å². The minimum atomic E-state index is -0.0822. The summed E-state index contributed by atoms with van der Waals surface area (Å²) in [4.78, 5) is 14.8. The Morgan fingerprint density at radius 1 is 1.08 bits per heavy atom. The molecule has 132 valence electrons. The van der Waals surface area contributed by atoms with Crippen molar-refractivity contribution in [2.45, 2.75) is 5.37 Å².